The second-order valence-electron chi connectivity index (χ2n) is 9.52. The lowest BCUT2D eigenvalue weighted by Gasteiger charge is -2.39. The number of sulfone groups is 1. The average molecular weight is 450 g/mol. The number of ether oxygens (including phenoxy) is 2. The molecule has 2 fully saturated rings. The fourth-order valence-corrected chi connectivity index (χ4v) is 6.31. The van der Waals surface area contributed by atoms with Gasteiger partial charge in [-0.05, 0) is 51.3 Å². The molecule has 0 unspecified atom stereocenters. The molecule has 8 heteroatoms. The summed E-state index contributed by atoms with van der Waals surface area (Å²) in [6.07, 6.45) is 4.57. The Kier molecular flexibility index (Phi) is 6.12. The van der Waals surface area contributed by atoms with E-state index >= 15 is 0 Å². The largest absolute Gasteiger partial charge is 0.486 e. The Morgan fingerprint density at radius 1 is 1.16 bits per heavy atom. The summed E-state index contributed by atoms with van der Waals surface area (Å²) in [6.45, 7) is 9.21. The monoisotopic (exact) mass is 449 g/mol. The molecule has 1 aromatic rings. The molecule has 2 aliphatic heterocycles. The second kappa shape index (κ2) is 8.52. The molecule has 3 aliphatic rings. The molecule has 0 aromatic heterocycles. The lowest BCUT2D eigenvalue weighted by Crippen LogP contribution is -2.57. The molecule has 0 atom stereocenters. The molecule has 4 rings (SSSR count). The van der Waals surface area contributed by atoms with Gasteiger partial charge in [0.15, 0.2) is 27.3 Å². The van der Waals surface area contributed by atoms with Gasteiger partial charge in [-0.25, -0.2) is 8.42 Å². The molecule has 2 heterocycles. The zero-order valence-electron chi connectivity index (χ0n) is 18.9. The first kappa shape index (κ1) is 22.2. The van der Waals surface area contributed by atoms with Gasteiger partial charge in [0.1, 0.15) is 13.2 Å². The van der Waals surface area contributed by atoms with Gasteiger partial charge >= 0.3 is 0 Å². The number of aliphatic imine (C=N–C) groups is 1. The van der Waals surface area contributed by atoms with Gasteiger partial charge in [-0.2, -0.15) is 0 Å². The zero-order valence-corrected chi connectivity index (χ0v) is 19.8. The Hall–Kier alpha value is -1.96. The van der Waals surface area contributed by atoms with E-state index in [1.807, 2.05) is 26.8 Å². The minimum atomic E-state index is -3.09. The third-order valence-electron chi connectivity index (χ3n) is 6.92. The second-order valence-corrected chi connectivity index (χ2v) is 12.3. The van der Waals surface area contributed by atoms with Gasteiger partial charge in [-0.3, -0.25) is 4.99 Å². The van der Waals surface area contributed by atoms with Crippen molar-refractivity contribution < 1.29 is 17.9 Å². The fraction of sp³-hybridized carbons (Fsp3) is 0.696. The van der Waals surface area contributed by atoms with E-state index in [1.54, 1.807) is 0 Å². The fourth-order valence-electron chi connectivity index (χ4n) is 4.94. The molecule has 1 saturated heterocycles. The van der Waals surface area contributed by atoms with E-state index in [9.17, 15) is 8.42 Å². The van der Waals surface area contributed by atoms with Crippen LogP contribution in [0, 0.1) is 0 Å². The first-order valence-electron chi connectivity index (χ1n) is 11.4. The maximum absolute atomic E-state index is 12.4. The summed E-state index contributed by atoms with van der Waals surface area (Å²) in [6, 6.07) is 6.33. The van der Waals surface area contributed by atoms with Crippen LogP contribution in [0.5, 0.6) is 11.5 Å². The molecule has 1 saturated carbocycles. The first-order chi connectivity index (χ1) is 14.8. The Labute approximate surface area is 186 Å². The highest BCUT2D eigenvalue weighted by Gasteiger charge is 2.41. The van der Waals surface area contributed by atoms with E-state index in [2.05, 4.69) is 22.3 Å². The Bertz CT molecular complexity index is 936. The van der Waals surface area contributed by atoms with E-state index in [0.29, 0.717) is 32.8 Å². The SMILES string of the molecule is CCNC(=NCC1(c2ccc3c(c2)OCCO3)CCCC1)N1CCS(=O)(=O)C(C)(C)C1. The molecule has 31 heavy (non-hydrogen) atoms. The molecule has 0 radical (unpaired) electrons. The summed E-state index contributed by atoms with van der Waals surface area (Å²) >= 11 is 0. The molecule has 7 nitrogen and oxygen atoms in total. The van der Waals surface area contributed by atoms with Crippen LogP contribution in [0.15, 0.2) is 23.2 Å². The van der Waals surface area contributed by atoms with Crippen molar-refractivity contribution >= 4 is 15.8 Å². The van der Waals surface area contributed by atoms with Crippen LogP contribution in [-0.2, 0) is 15.3 Å². The Morgan fingerprint density at radius 2 is 1.87 bits per heavy atom. The molecule has 1 aliphatic carbocycles. The summed E-state index contributed by atoms with van der Waals surface area (Å²) in [4.78, 5) is 7.17. The van der Waals surface area contributed by atoms with Gasteiger partial charge in [0.2, 0.25) is 0 Å². The zero-order chi connectivity index (χ0) is 22.1. The highest BCUT2D eigenvalue weighted by atomic mass is 32.2. The minimum Gasteiger partial charge on any atom is -0.486 e. The number of guanidine groups is 1. The average Bonchev–Trinajstić information content (AvgIpc) is 3.23. The number of benzene rings is 1. The number of hydrogen-bond donors (Lipinski definition) is 1. The third-order valence-corrected chi connectivity index (χ3v) is 9.46. The van der Waals surface area contributed by atoms with Crippen molar-refractivity contribution in [3.05, 3.63) is 23.8 Å². The highest BCUT2D eigenvalue weighted by Crippen LogP contribution is 2.44. The van der Waals surface area contributed by atoms with E-state index in [0.717, 1.165) is 36.8 Å². The maximum Gasteiger partial charge on any atom is 0.194 e. The van der Waals surface area contributed by atoms with Crippen molar-refractivity contribution in [3.63, 3.8) is 0 Å². The molecule has 0 amide bonds. The van der Waals surface area contributed by atoms with Gasteiger partial charge in [-0.15, -0.1) is 0 Å². The van der Waals surface area contributed by atoms with Crippen molar-refractivity contribution in [1.82, 2.24) is 10.2 Å². The third kappa shape index (κ3) is 4.36. The lowest BCUT2D eigenvalue weighted by atomic mass is 9.79. The predicted octanol–water partition coefficient (Wildman–Crippen LogP) is 2.74. The summed E-state index contributed by atoms with van der Waals surface area (Å²) in [5.41, 5.74) is 1.24. The molecule has 0 spiro atoms. The van der Waals surface area contributed by atoms with E-state index in [1.165, 1.54) is 18.4 Å². The standard InChI is InChI=1S/C23H35N3O4S/c1-4-24-21(26-11-14-31(27,28)22(2,3)17-26)25-16-23(9-5-6-10-23)18-7-8-19-20(15-18)30-13-12-29-19/h7-8,15H,4-6,9-14,16-17H2,1-3H3,(H,24,25). The number of rotatable bonds is 4. The van der Waals surface area contributed by atoms with Crippen molar-refractivity contribution in [2.24, 2.45) is 4.99 Å². The van der Waals surface area contributed by atoms with Crippen LogP contribution in [-0.4, -0.2) is 69.2 Å². The topological polar surface area (TPSA) is 80.2 Å². The van der Waals surface area contributed by atoms with Crippen molar-refractivity contribution in [2.45, 2.75) is 56.6 Å². The molecular weight excluding hydrogens is 414 g/mol. The smallest absolute Gasteiger partial charge is 0.194 e. The molecule has 1 aromatic carbocycles. The van der Waals surface area contributed by atoms with E-state index in [-0.39, 0.29) is 11.2 Å². The van der Waals surface area contributed by atoms with Gasteiger partial charge in [0, 0.05) is 25.0 Å². The summed E-state index contributed by atoms with van der Waals surface area (Å²) < 4.78 is 35.6. The number of nitrogens with one attached hydrogen (secondary N) is 1. The van der Waals surface area contributed by atoms with Crippen molar-refractivity contribution in [3.8, 4) is 11.5 Å². The summed E-state index contributed by atoms with van der Waals surface area (Å²) in [7, 11) is -3.09. The van der Waals surface area contributed by atoms with Gasteiger partial charge < -0.3 is 19.7 Å². The number of nitrogens with zero attached hydrogens (tertiary/aromatic N) is 2. The number of hydrogen-bond acceptors (Lipinski definition) is 5. The van der Waals surface area contributed by atoms with Crippen LogP contribution in [0.2, 0.25) is 0 Å². The number of fused-ring (bicyclic) bond motifs is 1. The van der Waals surface area contributed by atoms with Crippen LogP contribution in [0.1, 0.15) is 52.0 Å². The predicted molar refractivity (Wildman–Crippen MR) is 123 cm³/mol. The summed E-state index contributed by atoms with van der Waals surface area (Å²) in [5.74, 6) is 2.62. The van der Waals surface area contributed by atoms with Gasteiger partial charge in [-0.1, -0.05) is 18.9 Å². The summed E-state index contributed by atoms with van der Waals surface area (Å²) in [5, 5.41) is 3.40. The lowest BCUT2D eigenvalue weighted by molar-refractivity contribution is 0.171. The first-order valence-corrected chi connectivity index (χ1v) is 13.1. The van der Waals surface area contributed by atoms with Gasteiger partial charge in [0.25, 0.3) is 0 Å². The molecule has 172 valence electrons. The van der Waals surface area contributed by atoms with Crippen molar-refractivity contribution in [1.29, 1.82) is 0 Å². The van der Waals surface area contributed by atoms with E-state index < -0.39 is 14.6 Å². The quantitative estimate of drug-likeness (QED) is 0.562. The van der Waals surface area contributed by atoms with Crippen LogP contribution >= 0.6 is 0 Å². The molecular formula is C23H35N3O4S. The van der Waals surface area contributed by atoms with Gasteiger partial charge in [0.05, 0.1) is 17.0 Å². The van der Waals surface area contributed by atoms with Crippen LogP contribution < -0.4 is 14.8 Å². The molecule has 0 bridgehead atoms. The maximum atomic E-state index is 12.4. The highest BCUT2D eigenvalue weighted by molar-refractivity contribution is 7.92. The molecule has 1 N–H and O–H groups in total. The van der Waals surface area contributed by atoms with Crippen LogP contribution in [0.25, 0.3) is 0 Å². The van der Waals surface area contributed by atoms with Crippen molar-refractivity contribution in [2.75, 3.05) is 45.1 Å². The minimum absolute atomic E-state index is 0.0200. The Balaban J connectivity index is 1.59. The normalized spacial score (nSPS) is 24.1. The van der Waals surface area contributed by atoms with Crippen LogP contribution in [0.4, 0.5) is 0 Å². The Morgan fingerprint density at radius 3 is 2.55 bits per heavy atom. The van der Waals surface area contributed by atoms with E-state index in [4.69, 9.17) is 14.5 Å². The van der Waals surface area contributed by atoms with Crippen LogP contribution in [0.3, 0.4) is 0 Å².